The number of rotatable bonds is 12. The molecule has 2 amide bonds. The Morgan fingerprint density at radius 2 is 1.76 bits per heavy atom. The lowest BCUT2D eigenvalue weighted by molar-refractivity contribution is -0.140. The zero-order valence-electron chi connectivity index (χ0n) is 23.0. The van der Waals surface area contributed by atoms with Crippen LogP contribution >= 0.6 is 0 Å². The molecule has 0 aromatic heterocycles. The molecule has 4 atom stereocenters. The molecular formula is C27H49N3O4. The number of likely N-dealkylation sites (N-methyl/N-ethyl adjacent to an activating group) is 1. The Hall–Kier alpha value is -1.89. The second kappa shape index (κ2) is 14.5. The largest absolute Gasteiger partial charge is 0.463 e. The molecule has 1 heterocycles. The van der Waals surface area contributed by atoms with Gasteiger partial charge in [0, 0.05) is 18.7 Å². The number of esters is 1. The van der Waals surface area contributed by atoms with Gasteiger partial charge in [-0.1, -0.05) is 47.1 Å². The van der Waals surface area contributed by atoms with Crippen molar-refractivity contribution in [2.24, 2.45) is 11.8 Å². The number of piperidine rings is 1. The summed E-state index contributed by atoms with van der Waals surface area (Å²) in [6.45, 7) is 17.2. The van der Waals surface area contributed by atoms with Gasteiger partial charge in [-0.2, -0.15) is 0 Å². The predicted molar refractivity (Wildman–Crippen MR) is 137 cm³/mol. The van der Waals surface area contributed by atoms with Crippen molar-refractivity contribution < 1.29 is 19.1 Å². The van der Waals surface area contributed by atoms with Crippen LogP contribution in [0.25, 0.3) is 0 Å². The highest BCUT2D eigenvalue weighted by molar-refractivity contribution is 5.90. The molecular weight excluding hydrogens is 430 g/mol. The molecule has 0 aromatic rings. The lowest BCUT2D eigenvalue weighted by atomic mass is 9.95. The average Bonchev–Trinajstić information content (AvgIpc) is 2.79. The summed E-state index contributed by atoms with van der Waals surface area (Å²) in [6.07, 6.45) is 6.32. The Balaban J connectivity index is 3.11. The van der Waals surface area contributed by atoms with E-state index in [1.54, 1.807) is 31.9 Å². The van der Waals surface area contributed by atoms with Gasteiger partial charge in [-0.05, 0) is 64.8 Å². The van der Waals surface area contributed by atoms with E-state index in [2.05, 4.69) is 37.9 Å². The van der Waals surface area contributed by atoms with Crippen LogP contribution in [0.3, 0.4) is 0 Å². The molecule has 1 unspecified atom stereocenters. The number of carbonyl (C=O) groups excluding carboxylic acids is 3. The summed E-state index contributed by atoms with van der Waals surface area (Å²) >= 11 is 0. The molecule has 1 aliphatic heterocycles. The van der Waals surface area contributed by atoms with Crippen LogP contribution < -0.4 is 5.32 Å². The first-order valence-corrected chi connectivity index (χ1v) is 13.1. The molecule has 1 fully saturated rings. The lowest BCUT2D eigenvalue weighted by Crippen LogP contribution is -2.58. The number of likely N-dealkylation sites (tertiary alicyclic amines) is 1. The molecule has 34 heavy (non-hydrogen) atoms. The highest BCUT2D eigenvalue weighted by Gasteiger charge is 2.35. The van der Waals surface area contributed by atoms with Crippen LogP contribution in [-0.4, -0.2) is 72.0 Å². The zero-order valence-corrected chi connectivity index (χ0v) is 23.0. The van der Waals surface area contributed by atoms with Crippen LogP contribution in [0, 0.1) is 11.8 Å². The highest BCUT2D eigenvalue weighted by Crippen LogP contribution is 2.22. The van der Waals surface area contributed by atoms with E-state index in [0.717, 1.165) is 32.2 Å². The quantitative estimate of drug-likeness (QED) is 0.336. The van der Waals surface area contributed by atoms with Crippen LogP contribution in [0.5, 0.6) is 0 Å². The third-order valence-corrected chi connectivity index (χ3v) is 6.82. The lowest BCUT2D eigenvalue weighted by Gasteiger charge is -2.39. The third-order valence-electron chi connectivity index (χ3n) is 6.82. The first-order chi connectivity index (χ1) is 15.9. The first kappa shape index (κ1) is 30.1. The predicted octanol–water partition coefficient (Wildman–Crippen LogP) is 4.16. The van der Waals surface area contributed by atoms with E-state index < -0.39 is 6.04 Å². The summed E-state index contributed by atoms with van der Waals surface area (Å²) in [7, 11) is 1.76. The minimum absolute atomic E-state index is 0.0493. The van der Waals surface area contributed by atoms with Crippen LogP contribution in [0.15, 0.2) is 11.6 Å². The van der Waals surface area contributed by atoms with Gasteiger partial charge in [0.15, 0.2) is 0 Å². The number of amides is 2. The zero-order chi connectivity index (χ0) is 26.0. The van der Waals surface area contributed by atoms with Gasteiger partial charge >= 0.3 is 5.97 Å². The van der Waals surface area contributed by atoms with Gasteiger partial charge in [0.2, 0.25) is 11.8 Å². The monoisotopic (exact) mass is 479 g/mol. The minimum Gasteiger partial charge on any atom is -0.463 e. The minimum atomic E-state index is -0.601. The molecule has 0 saturated carbocycles. The van der Waals surface area contributed by atoms with E-state index in [9.17, 15) is 14.4 Å². The van der Waals surface area contributed by atoms with Gasteiger partial charge in [-0.3, -0.25) is 14.5 Å². The molecule has 7 heteroatoms. The Kier molecular flexibility index (Phi) is 12.9. The van der Waals surface area contributed by atoms with E-state index in [1.807, 2.05) is 13.8 Å². The number of nitrogens with one attached hydrogen (secondary N) is 1. The number of nitrogens with zero attached hydrogens (tertiary/aromatic N) is 2. The van der Waals surface area contributed by atoms with Crippen molar-refractivity contribution in [3.05, 3.63) is 11.6 Å². The van der Waals surface area contributed by atoms with Crippen LogP contribution in [0.1, 0.15) is 87.5 Å². The maximum absolute atomic E-state index is 13.6. The summed E-state index contributed by atoms with van der Waals surface area (Å²) < 4.78 is 5.11. The summed E-state index contributed by atoms with van der Waals surface area (Å²) in [5, 5.41) is 3.11. The van der Waals surface area contributed by atoms with Crippen molar-refractivity contribution >= 4 is 17.8 Å². The Morgan fingerprint density at radius 3 is 2.29 bits per heavy atom. The Bertz CT molecular complexity index is 704. The maximum Gasteiger partial charge on any atom is 0.333 e. The SMILES string of the molecule is CCOC(=O)C(C)=C[C@H](C(C)C)N(C)C(=O)[C@H](CC(C)C)NC(=O)[C@H]1CCCCN1C(C)CC. The van der Waals surface area contributed by atoms with Crippen LogP contribution in [0.2, 0.25) is 0 Å². The van der Waals surface area contributed by atoms with Crippen molar-refractivity contribution in [1.29, 1.82) is 0 Å². The second-order valence-electron chi connectivity index (χ2n) is 10.5. The standard InChI is InChI=1S/C27H49N3O4/c1-10-21(8)30-15-13-12-14-23(30)25(31)28-22(16-18(3)4)26(32)29(9)24(19(5)6)17-20(7)27(33)34-11-2/h17-19,21-24H,10-16H2,1-9H3,(H,28,31)/t21?,22-,23+,24+/m0/s1. The molecule has 7 nitrogen and oxygen atoms in total. The number of ether oxygens (including phenoxy) is 1. The van der Waals surface area contributed by atoms with Gasteiger partial charge in [0.05, 0.1) is 18.7 Å². The molecule has 0 aromatic carbocycles. The number of carbonyl (C=O) groups is 3. The summed E-state index contributed by atoms with van der Waals surface area (Å²) in [6, 6.07) is -0.742. The molecule has 0 radical (unpaired) electrons. The van der Waals surface area contributed by atoms with Crippen molar-refractivity contribution in [1.82, 2.24) is 15.1 Å². The second-order valence-corrected chi connectivity index (χ2v) is 10.5. The van der Waals surface area contributed by atoms with E-state index in [4.69, 9.17) is 4.74 Å². The van der Waals surface area contributed by atoms with Crippen molar-refractivity contribution in [3.8, 4) is 0 Å². The smallest absolute Gasteiger partial charge is 0.333 e. The third kappa shape index (κ3) is 8.71. The molecule has 0 aliphatic carbocycles. The van der Waals surface area contributed by atoms with E-state index in [-0.39, 0.29) is 41.7 Å². The van der Waals surface area contributed by atoms with Crippen molar-refractivity contribution in [2.45, 2.75) is 112 Å². The molecule has 1 N–H and O–H groups in total. The maximum atomic E-state index is 13.6. The highest BCUT2D eigenvalue weighted by atomic mass is 16.5. The van der Waals surface area contributed by atoms with Gasteiger partial charge in [-0.15, -0.1) is 0 Å². The number of hydrogen-bond donors (Lipinski definition) is 1. The van der Waals surface area contributed by atoms with E-state index in [1.165, 1.54) is 0 Å². The van der Waals surface area contributed by atoms with Gasteiger partial charge in [0.1, 0.15) is 6.04 Å². The van der Waals surface area contributed by atoms with E-state index >= 15 is 0 Å². The van der Waals surface area contributed by atoms with Gasteiger partial charge in [0.25, 0.3) is 0 Å². The molecule has 196 valence electrons. The Morgan fingerprint density at radius 1 is 1.12 bits per heavy atom. The topological polar surface area (TPSA) is 79.0 Å². The molecule has 1 aliphatic rings. The van der Waals surface area contributed by atoms with Crippen molar-refractivity contribution in [3.63, 3.8) is 0 Å². The summed E-state index contributed by atoms with van der Waals surface area (Å²) in [5.74, 6) is -0.211. The summed E-state index contributed by atoms with van der Waals surface area (Å²) in [5.41, 5.74) is 0.482. The van der Waals surface area contributed by atoms with Crippen molar-refractivity contribution in [2.75, 3.05) is 20.2 Å². The fraction of sp³-hybridized carbons (Fsp3) is 0.815. The van der Waals surface area contributed by atoms with Crippen LogP contribution in [0.4, 0.5) is 0 Å². The normalized spacial score (nSPS) is 20.1. The van der Waals surface area contributed by atoms with Gasteiger partial charge in [-0.25, -0.2) is 4.79 Å². The van der Waals surface area contributed by atoms with Gasteiger partial charge < -0.3 is 15.0 Å². The molecule has 1 saturated heterocycles. The molecule has 0 spiro atoms. The molecule has 1 rings (SSSR count). The Labute approximate surface area is 207 Å². The molecule has 0 bridgehead atoms. The average molecular weight is 480 g/mol. The van der Waals surface area contributed by atoms with Crippen LogP contribution in [-0.2, 0) is 19.1 Å². The number of hydrogen-bond acceptors (Lipinski definition) is 5. The van der Waals surface area contributed by atoms with E-state index in [0.29, 0.717) is 24.6 Å². The fourth-order valence-corrected chi connectivity index (χ4v) is 4.67. The first-order valence-electron chi connectivity index (χ1n) is 13.1. The summed E-state index contributed by atoms with van der Waals surface area (Å²) in [4.78, 5) is 43.2. The fourth-order valence-electron chi connectivity index (χ4n) is 4.67.